The van der Waals surface area contributed by atoms with E-state index < -0.39 is 15.7 Å². The lowest BCUT2D eigenvalue weighted by Gasteiger charge is -2.11. The quantitative estimate of drug-likeness (QED) is 0.137. The lowest BCUT2D eigenvalue weighted by Crippen LogP contribution is -2.36. The predicted octanol–water partition coefficient (Wildman–Crippen LogP) is 9.43. The monoisotopic (exact) mass is 812 g/mol. The summed E-state index contributed by atoms with van der Waals surface area (Å²) >= 11 is 52.2. The maximum absolute atomic E-state index is 6.83. The average molecular weight is 816 g/mol. The third kappa shape index (κ3) is 4.33. The molecule has 0 radical (unpaired) electrons. The van der Waals surface area contributed by atoms with Crippen LogP contribution in [0.25, 0.3) is 21.5 Å². The van der Waals surface area contributed by atoms with Crippen LogP contribution in [0.5, 0.6) is 0 Å². The van der Waals surface area contributed by atoms with Crippen LogP contribution in [0.4, 0.5) is 11.6 Å². The Morgan fingerprint density at radius 2 is 0.694 bits per heavy atom. The second-order valence-corrected chi connectivity index (χ2v) is 16.2. The van der Waals surface area contributed by atoms with Crippen LogP contribution in [0.3, 0.4) is 0 Å². The molecule has 236 valence electrons. The zero-order valence-electron chi connectivity index (χ0n) is 23.9. The lowest BCUT2D eigenvalue weighted by molar-refractivity contribution is 0.992. The Morgan fingerprint density at radius 3 is 1.06 bits per heavy atom. The molecule has 49 heavy (non-hydrogen) atoms. The Balaban J connectivity index is 1.50. The Morgan fingerprint density at radius 1 is 0.367 bits per heavy atom. The molecule has 0 spiro atoms. The highest BCUT2D eigenvalue weighted by molar-refractivity contribution is 6.46. The fourth-order valence-electron chi connectivity index (χ4n) is 6.63. The van der Waals surface area contributed by atoms with E-state index in [4.69, 9.17) is 123 Å². The molecule has 6 bridgehead atoms. The lowest BCUT2D eigenvalue weighted by atomic mass is 10.1. The van der Waals surface area contributed by atoms with E-state index in [0.717, 1.165) is 0 Å². The first-order chi connectivity index (χ1) is 23.6. The van der Waals surface area contributed by atoms with Crippen molar-refractivity contribution < 1.29 is 0 Å². The number of hydrogen-bond donors (Lipinski definition) is 0. The van der Waals surface area contributed by atoms with Gasteiger partial charge in [0.25, 0.3) is 0 Å². The molecule has 6 aromatic rings. The first kappa shape index (κ1) is 30.9. The van der Waals surface area contributed by atoms with Gasteiger partial charge in [-0.3, -0.25) is 0 Å². The zero-order chi connectivity index (χ0) is 33.6. The van der Waals surface area contributed by atoms with Gasteiger partial charge in [0.15, 0.2) is 23.3 Å². The number of nitrogens with zero attached hydrogens (tertiary/aromatic N) is 8. The molecular weight excluding hydrogens is 807 g/mol. The van der Waals surface area contributed by atoms with Crippen molar-refractivity contribution in [2.75, 3.05) is 0 Å². The van der Waals surface area contributed by atoms with Crippen LogP contribution in [0.2, 0.25) is 40.2 Å². The number of halogens is 8. The highest BCUT2D eigenvalue weighted by Gasteiger charge is 2.34. The van der Waals surface area contributed by atoms with Gasteiger partial charge in [0, 0.05) is 21.5 Å². The SMILES string of the molecule is Clc1cc2c3[n]4c(c2cc1Cl)N=C1N=C(N=c2c5cc(Cl)c(Cl)cc5c([n]2[AlH]4)=NC2=NC(=N3)c3c(Cl)ccc(Cl)c32)c2c(Cl)ccc(Cl)c21. The first-order valence-electron chi connectivity index (χ1n) is 14.4. The van der Waals surface area contributed by atoms with Gasteiger partial charge in [0.05, 0.1) is 62.4 Å². The molecule has 4 aliphatic heterocycles. The van der Waals surface area contributed by atoms with Gasteiger partial charge >= 0.3 is 15.7 Å². The third-order valence-electron chi connectivity index (χ3n) is 8.76. The Labute approximate surface area is 321 Å². The van der Waals surface area contributed by atoms with E-state index in [1.165, 1.54) is 0 Å². The van der Waals surface area contributed by atoms with E-state index in [0.29, 0.717) is 130 Å². The summed E-state index contributed by atoms with van der Waals surface area (Å²) in [7, 11) is 0. The number of aliphatic imine (C=N–C) groups is 4. The number of rotatable bonds is 0. The summed E-state index contributed by atoms with van der Waals surface area (Å²) in [6.45, 7) is 0. The summed E-state index contributed by atoms with van der Waals surface area (Å²) in [5, 5.41) is 5.70. The minimum Gasteiger partial charge on any atom is -0.386 e. The minimum absolute atomic E-state index is 0.324. The van der Waals surface area contributed by atoms with Crippen molar-refractivity contribution in [2.45, 2.75) is 0 Å². The van der Waals surface area contributed by atoms with Gasteiger partial charge in [-0.1, -0.05) is 92.8 Å². The molecule has 6 heterocycles. The number of fused-ring (bicyclic) bond motifs is 14. The average Bonchev–Trinajstić information content (AvgIpc) is 3.76. The normalized spacial score (nSPS) is 15.1. The summed E-state index contributed by atoms with van der Waals surface area (Å²) in [5.74, 6) is 2.34. The van der Waals surface area contributed by atoms with Gasteiger partial charge < -0.3 is 7.10 Å². The van der Waals surface area contributed by atoms with E-state index in [-0.39, 0.29) is 0 Å². The van der Waals surface area contributed by atoms with Gasteiger partial charge in [-0.15, -0.1) is 0 Å². The van der Waals surface area contributed by atoms with Crippen molar-refractivity contribution >= 4 is 165 Å². The zero-order valence-corrected chi connectivity index (χ0v) is 31.4. The third-order valence-corrected chi connectivity index (χ3v) is 13.2. The molecule has 4 aliphatic rings. The summed E-state index contributed by atoms with van der Waals surface area (Å²) in [5.41, 5.74) is 3.22. The minimum atomic E-state index is -1.74. The molecule has 0 N–H and O–H groups in total. The Kier molecular flexibility index (Phi) is 6.81. The van der Waals surface area contributed by atoms with E-state index in [2.05, 4.69) is 0 Å². The van der Waals surface area contributed by atoms with Crippen LogP contribution in [0.1, 0.15) is 22.3 Å². The van der Waals surface area contributed by atoms with E-state index >= 15 is 0 Å². The first-order valence-corrected chi connectivity index (χ1v) is 18.6. The van der Waals surface area contributed by atoms with Gasteiger partial charge in [-0.2, -0.15) is 0 Å². The van der Waals surface area contributed by atoms with Gasteiger partial charge in [-0.05, 0) is 48.5 Å². The standard InChI is InChI=1S/C32H8Cl8N8.Al.H/c33-13-1-2-14(34)22-21(13)29-43-25-9-5-17(37)18(38)6-10(9)27(41-25)45-31-23-15(35)3-4-16(36)24(23)32(48-31)46-28-12-8-20(40)19(39)7-11(12)26(42-28)44-30(22)47-29;;/h1-8H;;/q-2;+2;. The second-order valence-electron chi connectivity index (χ2n) is 11.4. The van der Waals surface area contributed by atoms with Crippen LogP contribution in [0, 0.1) is 0 Å². The number of hydrogen-bond acceptors (Lipinski definition) is 6. The summed E-state index contributed by atoms with van der Waals surface area (Å²) in [6.07, 6.45) is 0. The Hall–Kier alpha value is -2.91. The van der Waals surface area contributed by atoms with Crippen molar-refractivity contribution in [2.24, 2.45) is 30.0 Å². The molecular formula is C32H9AlCl8N8. The molecule has 0 atom stereocenters. The maximum atomic E-state index is 6.83. The van der Waals surface area contributed by atoms with Crippen molar-refractivity contribution in [1.29, 1.82) is 0 Å². The molecule has 2 aromatic heterocycles. The molecule has 0 aliphatic carbocycles. The van der Waals surface area contributed by atoms with Gasteiger partial charge in [0.1, 0.15) is 22.6 Å². The second kappa shape index (κ2) is 10.8. The predicted molar refractivity (Wildman–Crippen MR) is 203 cm³/mol. The van der Waals surface area contributed by atoms with Gasteiger partial charge in [0.2, 0.25) is 0 Å². The summed E-state index contributed by atoms with van der Waals surface area (Å²) < 4.78 is 4.07. The van der Waals surface area contributed by atoms with Crippen LogP contribution in [0.15, 0.2) is 78.5 Å². The molecule has 10 rings (SSSR count). The largest absolute Gasteiger partial charge is 0.563 e. The van der Waals surface area contributed by atoms with Gasteiger partial charge in [-0.25, -0.2) is 30.0 Å². The van der Waals surface area contributed by atoms with Crippen LogP contribution in [-0.4, -0.2) is 46.1 Å². The van der Waals surface area contributed by atoms with Crippen molar-refractivity contribution in [3.8, 4) is 0 Å². The topological polar surface area (TPSA) is 84.0 Å². The maximum Gasteiger partial charge on any atom is 0.563 e. The fraction of sp³-hybridized carbons (Fsp3) is 0. The smallest absolute Gasteiger partial charge is 0.386 e. The fourth-order valence-corrected chi connectivity index (χ4v) is 10.0. The Bertz CT molecular complexity index is 2710. The highest BCUT2D eigenvalue weighted by atomic mass is 35.5. The van der Waals surface area contributed by atoms with E-state index in [9.17, 15) is 0 Å². The highest BCUT2D eigenvalue weighted by Crippen LogP contribution is 2.45. The number of amidine groups is 4. The van der Waals surface area contributed by atoms with Crippen LogP contribution < -0.4 is 11.0 Å². The number of benzene rings is 4. The molecule has 0 amide bonds. The van der Waals surface area contributed by atoms with Crippen LogP contribution >= 0.6 is 92.8 Å². The van der Waals surface area contributed by atoms with E-state index in [1.807, 2.05) is 7.10 Å². The molecule has 0 fully saturated rings. The van der Waals surface area contributed by atoms with Crippen molar-refractivity contribution in [1.82, 2.24) is 7.10 Å². The number of aromatic nitrogens is 2. The molecule has 17 heteroatoms. The molecule has 0 unspecified atom stereocenters. The van der Waals surface area contributed by atoms with E-state index in [1.54, 1.807) is 48.5 Å². The summed E-state index contributed by atoms with van der Waals surface area (Å²) in [4.78, 5) is 30.4. The van der Waals surface area contributed by atoms with Crippen molar-refractivity contribution in [3.63, 3.8) is 0 Å². The molecule has 4 aromatic carbocycles. The molecule has 0 saturated carbocycles. The summed E-state index contributed by atoms with van der Waals surface area (Å²) in [6, 6.07) is 13.9. The molecule has 0 saturated heterocycles. The molecule has 8 nitrogen and oxygen atoms in total. The van der Waals surface area contributed by atoms with Crippen LogP contribution in [-0.2, 0) is 0 Å². The van der Waals surface area contributed by atoms with Crippen molar-refractivity contribution in [3.05, 3.63) is 122 Å².